The van der Waals surface area contributed by atoms with Gasteiger partial charge in [0.1, 0.15) is 0 Å². The van der Waals surface area contributed by atoms with Crippen LogP contribution in [0.1, 0.15) is 10.4 Å². The number of hydrogen-bond acceptors (Lipinski definition) is 1. The van der Waals surface area contributed by atoms with Crippen LogP contribution in [-0.4, -0.2) is 12.5 Å². The number of amides is 1. The van der Waals surface area contributed by atoms with Crippen LogP contribution in [0.5, 0.6) is 0 Å². The lowest BCUT2D eigenvalue weighted by Gasteiger charge is -2.04. The van der Waals surface area contributed by atoms with Gasteiger partial charge >= 0.3 is 0 Å². The highest BCUT2D eigenvalue weighted by Crippen LogP contribution is 2.17. The number of halogens is 2. The summed E-state index contributed by atoms with van der Waals surface area (Å²) in [7, 11) is 0. The third-order valence-corrected chi connectivity index (χ3v) is 2.70. The van der Waals surface area contributed by atoms with E-state index in [1.807, 2.05) is 0 Å². The molecule has 0 atom stereocenters. The van der Waals surface area contributed by atoms with Crippen LogP contribution in [0.4, 0.5) is 0 Å². The fourth-order valence-corrected chi connectivity index (χ4v) is 1.65. The summed E-state index contributed by atoms with van der Waals surface area (Å²) in [4.78, 5) is 11.5. The van der Waals surface area contributed by atoms with Crippen molar-refractivity contribution in [3.8, 4) is 12.3 Å². The van der Waals surface area contributed by atoms with Crippen LogP contribution >= 0.6 is 34.2 Å². The van der Waals surface area contributed by atoms with Crippen LogP contribution in [0.15, 0.2) is 18.2 Å². The second-order valence-corrected chi connectivity index (χ2v) is 4.11. The quantitative estimate of drug-likeness (QED) is 0.658. The lowest BCUT2D eigenvalue weighted by atomic mass is 10.2. The Morgan fingerprint density at radius 1 is 1.64 bits per heavy atom. The first kappa shape index (κ1) is 11.3. The highest BCUT2D eigenvalue weighted by molar-refractivity contribution is 14.1. The highest BCUT2D eigenvalue weighted by Gasteiger charge is 2.08. The van der Waals surface area contributed by atoms with Gasteiger partial charge < -0.3 is 5.32 Å². The molecule has 0 aliphatic carbocycles. The fourth-order valence-electron chi connectivity index (χ4n) is 0.898. The van der Waals surface area contributed by atoms with Crippen molar-refractivity contribution in [2.75, 3.05) is 6.54 Å². The minimum atomic E-state index is -0.199. The molecule has 72 valence electrons. The van der Waals surface area contributed by atoms with Crippen LogP contribution in [0.25, 0.3) is 0 Å². The molecule has 1 aromatic carbocycles. The third kappa shape index (κ3) is 2.89. The van der Waals surface area contributed by atoms with E-state index in [0.29, 0.717) is 10.6 Å². The van der Waals surface area contributed by atoms with Crippen molar-refractivity contribution in [1.82, 2.24) is 5.32 Å². The maximum absolute atomic E-state index is 11.5. The lowest BCUT2D eigenvalue weighted by molar-refractivity contribution is 0.0958. The van der Waals surface area contributed by atoms with Gasteiger partial charge in [0.05, 0.1) is 12.1 Å². The zero-order valence-electron chi connectivity index (χ0n) is 7.18. The molecule has 0 unspecified atom stereocenters. The van der Waals surface area contributed by atoms with Crippen LogP contribution in [-0.2, 0) is 0 Å². The topological polar surface area (TPSA) is 29.1 Å². The summed E-state index contributed by atoms with van der Waals surface area (Å²) in [5.41, 5.74) is 0.549. The van der Waals surface area contributed by atoms with Gasteiger partial charge in [0, 0.05) is 8.59 Å². The fraction of sp³-hybridized carbons (Fsp3) is 0.100. The number of carbonyl (C=O) groups excluding carboxylic acids is 1. The van der Waals surface area contributed by atoms with Gasteiger partial charge in [0.15, 0.2) is 0 Å². The van der Waals surface area contributed by atoms with E-state index < -0.39 is 0 Å². The van der Waals surface area contributed by atoms with Crippen molar-refractivity contribution >= 4 is 40.1 Å². The van der Waals surface area contributed by atoms with E-state index >= 15 is 0 Å². The van der Waals surface area contributed by atoms with Crippen molar-refractivity contribution in [3.05, 3.63) is 32.4 Å². The summed E-state index contributed by atoms with van der Waals surface area (Å²) >= 11 is 7.84. The van der Waals surface area contributed by atoms with Crippen LogP contribution in [0, 0.1) is 15.9 Å². The summed E-state index contributed by atoms with van der Waals surface area (Å²) in [6, 6.07) is 5.14. The molecule has 1 aromatic rings. The average Bonchev–Trinajstić information content (AvgIpc) is 2.18. The predicted octanol–water partition coefficient (Wildman–Crippen LogP) is 2.31. The van der Waals surface area contributed by atoms with Crippen molar-refractivity contribution in [2.24, 2.45) is 0 Å². The van der Waals surface area contributed by atoms with Gasteiger partial charge in [-0.15, -0.1) is 6.42 Å². The number of benzene rings is 1. The molecule has 0 radical (unpaired) electrons. The molecular formula is C10H7ClINO. The molecule has 2 nitrogen and oxygen atoms in total. The van der Waals surface area contributed by atoms with E-state index in [4.69, 9.17) is 18.0 Å². The van der Waals surface area contributed by atoms with E-state index in [1.165, 1.54) is 0 Å². The van der Waals surface area contributed by atoms with Gasteiger partial charge in [0.2, 0.25) is 0 Å². The largest absolute Gasteiger partial charge is 0.341 e. The maximum Gasteiger partial charge on any atom is 0.253 e. The Labute approximate surface area is 101 Å². The van der Waals surface area contributed by atoms with E-state index in [1.54, 1.807) is 18.2 Å². The Hall–Kier alpha value is -0.730. The minimum Gasteiger partial charge on any atom is -0.341 e. The second kappa shape index (κ2) is 5.23. The van der Waals surface area contributed by atoms with E-state index in [-0.39, 0.29) is 12.5 Å². The van der Waals surface area contributed by atoms with E-state index in [9.17, 15) is 4.79 Å². The first-order valence-electron chi connectivity index (χ1n) is 3.82. The molecule has 0 saturated heterocycles. The Bertz CT molecular complexity index is 398. The number of terminal acetylenes is 1. The summed E-state index contributed by atoms with van der Waals surface area (Å²) in [5, 5.41) is 3.12. The zero-order valence-corrected chi connectivity index (χ0v) is 10.1. The van der Waals surface area contributed by atoms with Crippen molar-refractivity contribution in [3.63, 3.8) is 0 Å². The summed E-state index contributed by atoms with van der Waals surface area (Å²) < 4.78 is 0.849. The van der Waals surface area contributed by atoms with E-state index in [0.717, 1.165) is 3.57 Å². The smallest absolute Gasteiger partial charge is 0.253 e. The highest BCUT2D eigenvalue weighted by atomic mass is 127. The SMILES string of the molecule is C#CCNC(=O)c1cc(Cl)ccc1I. The first-order valence-corrected chi connectivity index (χ1v) is 5.27. The predicted molar refractivity (Wildman–Crippen MR) is 65.3 cm³/mol. The number of hydrogen-bond donors (Lipinski definition) is 1. The lowest BCUT2D eigenvalue weighted by Crippen LogP contribution is -2.24. The van der Waals surface area contributed by atoms with Gasteiger partial charge in [-0.1, -0.05) is 17.5 Å². The first-order chi connectivity index (χ1) is 6.65. The van der Waals surface area contributed by atoms with Gasteiger partial charge in [-0.2, -0.15) is 0 Å². The Balaban J connectivity index is 2.90. The maximum atomic E-state index is 11.5. The molecule has 4 heteroatoms. The van der Waals surface area contributed by atoms with Crippen LogP contribution < -0.4 is 5.32 Å². The molecular weight excluding hydrogens is 312 g/mol. The second-order valence-electron chi connectivity index (χ2n) is 2.51. The molecule has 14 heavy (non-hydrogen) atoms. The van der Waals surface area contributed by atoms with Crippen molar-refractivity contribution in [2.45, 2.75) is 0 Å². The number of nitrogens with one attached hydrogen (secondary N) is 1. The molecule has 0 aromatic heterocycles. The summed E-state index contributed by atoms with van der Waals surface area (Å²) in [6.45, 7) is 0.224. The average molecular weight is 320 g/mol. The van der Waals surface area contributed by atoms with Crippen LogP contribution in [0.2, 0.25) is 5.02 Å². The van der Waals surface area contributed by atoms with Gasteiger partial charge in [-0.25, -0.2) is 0 Å². The Kier molecular flexibility index (Phi) is 4.23. The zero-order chi connectivity index (χ0) is 10.6. The molecule has 0 bridgehead atoms. The Morgan fingerprint density at radius 3 is 3.00 bits per heavy atom. The molecule has 0 spiro atoms. The minimum absolute atomic E-state index is 0.199. The molecule has 0 heterocycles. The van der Waals surface area contributed by atoms with Gasteiger partial charge in [-0.05, 0) is 40.8 Å². The van der Waals surface area contributed by atoms with Crippen LogP contribution in [0.3, 0.4) is 0 Å². The van der Waals surface area contributed by atoms with E-state index in [2.05, 4.69) is 33.8 Å². The van der Waals surface area contributed by atoms with Gasteiger partial charge in [0.25, 0.3) is 5.91 Å². The standard InChI is InChI=1S/C10H7ClINO/c1-2-5-13-10(14)8-6-7(11)3-4-9(8)12/h1,3-4,6H,5H2,(H,13,14). The molecule has 0 saturated carbocycles. The Morgan fingerprint density at radius 2 is 2.36 bits per heavy atom. The van der Waals surface area contributed by atoms with Gasteiger partial charge in [-0.3, -0.25) is 4.79 Å². The van der Waals surface area contributed by atoms with Crippen molar-refractivity contribution < 1.29 is 4.79 Å². The third-order valence-electron chi connectivity index (χ3n) is 1.52. The molecule has 1 rings (SSSR count). The molecule has 0 aliphatic rings. The molecule has 0 aliphatic heterocycles. The summed E-state index contributed by atoms with van der Waals surface area (Å²) in [5.74, 6) is 2.14. The normalized spacial score (nSPS) is 9.21. The summed E-state index contributed by atoms with van der Waals surface area (Å²) in [6.07, 6.45) is 5.03. The van der Waals surface area contributed by atoms with Crippen molar-refractivity contribution in [1.29, 1.82) is 0 Å². The molecule has 0 fully saturated rings. The number of rotatable bonds is 2. The number of carbonyl (C=O) groups is 1. The molecule has 1 amide bonds. The molecule has 1 N–H and O–H groups in total. The monoisotopic (exact) mass is 319 g/mol.